The smallest absolute Gasteiger partial charge is 0.223 e. The van der Waals surface area contributed by atoms with Gasteiger partial charge in [-0.1, -0.05) is 35.0 Å². The number of halogens is 1. The molecule has 0 radical (unpaired) electrons. The van der Waals surface area contributed by atoms with E-state index in [9.17, 15) is 0 Å². The number of hydrogen-bond donors (Lipinski definition) is 2. The van der Waals surface area contributed by atoms with E-state index in [1.54, 1.807) is 34.6 Å². The standard InChI is InChI=1S/C23H21ClN8S/c1-14(25)18-13-28-21(24)12-17(18)16-4-2-3-15-11-20(33-22(15)16)19-5-6-26-23(30-19)27-7-9-32-10-8-29-31-32/h2-6,8,10-14H,7,9,25H2,1H3,(H,26,27,30)/t14-/m1/s1. The van der Waals surface area contributed by atoms with Crippen molar-refractivity contribution in [2.75, 3.05) is 11.9 Å². The van der Waals surface area contributed by atoms with Gasteiger partial charge < -0.3 is 11.1 Å². The van der Waals surface area contributed by atoms with Crippen molar-refractivity contribution in [1.29, 1.82) is 0 Å². The number of thiophene rings is 1. The number of pyridine rings is 1. The van der Waals surface area contributed by atoms with Crippen molar-refractivity contribution in [1.82, 2.24) is 29.9 Å². The zero-order valence-corrected chi connectivity index (χ0v) is 19.4. The Morgan fingerprint density at radius 2 is 2.06 bits per heavy atom. The van der Waals surface area contributed by atoms with Gasteiger partial charge in [-0.25, -0.2) is 15.0 Å². The molecule has 8 nitrogen and oxygen atoms in total. The summed E-state index contributed by atoms with van der Waals surface area (Å²) in [7, 11) is 0. The molecular weight excluding hydrogens is 456 g/mol. The lowest BCUT2D eigenvalue weighted by Crippen LogP contribution is -2.12. The lowest BCUT2D eigenvalue weighted by molar-refractivity contribution is 0.607. The number of benzene rings is 1. The third kappa shape index (κ3) is 4.56. The van der Waals surface area contributed by atoms with Gasteiger partial charge in [0.1, 0.15) is 5.15 Å². The first-order valence-electron chi connectivity index (χ1n) is 10.4. The summed E-state index contributed by atoms with van der Waals surface area (Å²) in [4.78, 5) is 14.3. The van der Waals surface area contributed by atoms with E-state index in [-0.39, 0.29) is 6.04 Å². The molecule has 1 atom stereocenters. The summed E-state index contributed by atoms with van der Waals surface area (Å²) in [5.41, 5.74) is 10.1. The van der Waals surface area contributed by atoms with Crippen LogP contribution in [0.3, 0.4) is 0 Å². The SMILES string of the molecule is C[C@@H](N)c1cnc(Cl)cc1-c1cccc2cc(-c3ccnc(NCCn4ccnn4)n3)sc12. The summed E-state index contributed by atoms with van der Waals surface area (Å²) in [6.07, 6.45) is 7.00. The second kappa shape index (κ2) is 9.22. The molecule has 4 aromatic heterocycles. The highest BCUT2D eigenvalue weighted by atomic mass is 35.5. The summed E-state index contributed by atoms with van der Waals surface area (Å²) in [5.74, 6) is 0.574. The van der Waals surface area contributed by atoms with Crippen LogP contribution >= 0.6 is 22.9 Å². The predicted octanol–water partition coefficient (Wildman–Crippen LogP) is 4.80. The van der Waals surface area contributed by atoms with Gasteiger partial charge in [-0.05, 0) is 41.6 Å². The third-order valence-electron chi connectivity index (χ3n) is 5.23. The highest BCUT2D eigenvalue weighted by molar-refractivity contribution is 7.22. The zero-order chi connectivity index (χ0) is 22.8. The second-order valence-electron chi connectivity index (χ2n) is 7.58. The molecule has 0 fully saturated rings. The van der Waals surface area contributed by atoms with E-state index in [1.165, 1.54) is 0 Å². The quantitative estimate of drug-likeness (QED) is 0.325. The summed E-state index contributed by atoms with van der Waals surface area (Å²) in [6.45, 7) is 3.27. The Labute approximate surface area is 199 Å². The van der Waals surface area contributed by atoms with Gasteiger partial charge in [0.05, 0.1) is 23.3 Å². The van der Waals surface area contributed by atoms with Gasteiger partial charge in [0, 0.05) is 41.4 Å². The fourth-order valence-corrected chi connectivity index (χ4v) is 4.97. The van der Waals surface area contributed by atoms with Gasteiger partial charge in [-0.2, -0.15) is 0 Å². The van der Waals surface area contributed by atoms with E-state index < -0.39 is 0 Å². The average molecular weight is 477 g/mol. The molecule has 0 aliphatic carbocycles. The van der Waals surface area contributed by atoms with Crippen LogP contribution in [-0.4, -0.2) is 36.5 Å². The molecule has 0 amide bonds. The fourth-order valence-electron chi connectivity index (χ4n) is 3.65. The van der Waals surface area contributed by atoms with Crippen molar-refractivity contribution in [2.24, 2.45) is 5.73 Å². The normalized spacial score (nSPS) is 12.2. The predicted molar refractivity (Wildman–Crippen MR) is 132 cm³/mol. The van der Waals surface area contributed by atoms with Crippen molar-refractivity contribution in [3.63, 3.8) is 0 Å². The number of rotatable bonds is 7. The highest BCUT2D eigenvalue weighted by Gasteiger charge is 2.16. The number of nitrogens with zero attached hydrogens (tertiary/aromatic N) is 6. The maximum atomic E-state index is 6.23. The molecule has 0 aliphatic rings. The maximum absolute atomic E-state index is 6.23. The molecule has 3 N–H and O–H groups in total. The van der Waals surface area contributed by atoms with Crippen LogP contribution in [0.5, 0.6) is 0 Å². The minimum Gasteiger partial charge on any atom is -0.352 e. The molecule has 5 rings (SSSR count). The molecule has 0 bridgehead atoms. The Morgan fingerprint density at radius 1 is 1.15 bits per heavy atom. The van der Waals surface area contributed by atoms with Crippen LogP contribution in [0.2, 0.25) is 5.15 Å². The molecular formula is C23H21ClN8S. The lowest BCUT2D eigenvalue weighted by Gasteiger charge is -2.13. The minimum atomic E-state index is -0.160. The average Bonchev–Trinajstić information content (AvgIpc) is 3.49. The topological polar surface area (TPSA) is 107 Å². The number of anilines is 1. The van der Waals surface area contributed by atoms with Crippen LogP contribution in [-0.2, 0) is 6.54 Å². The Kier molecular flexibility index (Phi) is 5.99. The van der Waals surface area contributed by atoms with Gasteiger partial charge in [0.25, 0.3) is 0 Å². The van der Waals surface area contributed by atoms with Gasteiger partial charge in [0.2, 0.25) is 5.95 Å². The molecule has 4 heterocycles. The molecule has 5 aromatic rings. The van der Waals surface area contributed by atoms with E-state index in [0.717, 1.165) is 37.3 Å². The fraction of sp³-hybridized carbons (Fsp3) is 0.174. The van der Waals surface area contributed by atoms with Crippen molar-refractivity contribution < 1.29 is 0 Å². The largest absolute Gasteiger partial charge is 0.352 e. The molecule has 0 spiro atoms. The molecule has 166 valence electrons. The van der Waals surface area contributed by atoms with Crippen LogP contribution in [0.15, 0.2) is 61.2 Å². The first-order chi connectivity index (χ1) is 16.1. The number of nitrogens with one attached hydrogen (secondary N) is 1. The summed E-state index contributed by atoms with van der Waals surface area (Å²) in [6, 6.07) is 12.0. The van der Waals surface area contributed by atoms with E-state index in [4.69, 9.17) is 22.3 Å². The van der Waals surface area contributed by atoms with Crippen molar-refractivity contribution >= 4 is 39.0 Å². The van der Waals surface area contributed by atoms with Crippen LogP contribution in [0, 0.1) is 0 Å². The monoisotopic (exact) mass is 476 g/mol. The van der Waals surface area contributed by atoms with Crippen molar-refractivity contribution in [2.45, 2.75) is 19.5 Å². The number of hydrogen-bond acceptors (Lipinski definition) is 8. The summed E-state index contributed by atoms with van der Waals surface area (Å²) >= 11 is 7.92. The summed E-state index contributed by atoms with van der Waals surface area (Å²) < 4.78 is 2.91. The minimum absolute atomic E-state index is 0.160. The zero-order valence-electron chi connectivity index (χ0n) is 17.8. The van der Waals surface area contributed by atoms with Crippen LogP contribution < -0.4 is 11.1 Å². The van der Waals surface area contributed by atoms with Crippen molar-refractivity contribution in [3.8, 4) is 21.7 Å². The van der Waals surface area contributed by atoms with Crippen LogP contribution in [0.25, 0.3) is 31.8 Å². The van der Waals surface area contributed by atoms with E-state index >= 15 is 0 Å². The Bertz CT molecular complexity index is 1400. The number of fused-ring (bicyclic) bond motifs is 1. The van der Waals surface area contributed by atoms with Gasteiger partial charge >= 0.3 is 0 Å². The molecule has 0 saturated heterocycles. The third-order valence-corrected chi connectivity index (χ3v) is 6.64. The van der Waals surface area contributed by atoms with Gasteiger partial charge in [0.15, 0.2) is 0 Å². The summed E-state index contributed by atoms with van der Waals surface area (Å²) in [5, 5.41) is 12.6. The van der Waals surface area contributed by atoms with Gasteiger partial charge in [-0.15, -0.1) is 16.4 Å². The lowest BCUT2D eigenvalue weighted by atomic mass is 9.97. The van der Waals surface area contributed by atoms with E-state index in [0.29, 0.717) is 24.2 Å². The van der Waals surface area contributed by atoms with Crippen LogP contribution in [0.4, 0.5) is 5.95 Å². The first kappa shape index (κ1) is 21.4. The molecule has 10 heteroatoms. The molecule has 0 unspecified atom stereocenters. The highest BCUT2D eigenvalue weighted by Crippen LogP contribution is 2.40. The van der Waals surface area contributed by atoms with Gasteiger partial charge in [-0.3, -0.25) is 4.68 Å². The molecule has 0 aliphatic heterocycles. The maximum Gasteiger partial charge on any atom is 0.223 e. The number of nitrogens with two attached hydrogens (primary N) is 1. The van der Waals surface area contributed by atoms with Crippen molar-refractivity contribution in [3.05, 3.63) is 71.9 Å². The van der Waals surface area contributed by atoms with E-state index in [1.807, 2.05) is 31.3 Å². The van der Waals surface area contributed by atoms with E-state index in [2.05, 4.69) is 43.8 Å². The molecule has 33 heavy (non-hydrogen) atoms. The number of aromatic nitrogens is 6. The first-order valence-corrected chi connectivity index (χ1v) is 11.6. The second-order valence-corrected chi connectivity index (χ2v) is 9.02. The Hall–Kier alpha value is -3.40. The Balaban J connectivity index is 1.47. The van der Waals surface area contributed by atoms with Crippen LogP contribution in [0.1, 0.15) is 18.5 Å². The molecule has 1 aromatic carbocycles. The molecule has 0 saturated carbocycles. The Morgan fingerprint density at radius 3 is 2.88 bits per heavy atom.